The monoisotopic (exact) mass is 135 g/mol. The number of hydrogen-bond acceptors (Lipinski definition) is 3. The smallest absolute Gasteiger partial charge is 0.115 e. The van der Waals surface area contributed by atoms with Gasteiger partial charge in [0.15, 0.2) is 0 Å². The van der Waals surface area contributed by atoms with Crippen LogP contribution in [-0.4, -0.2) is 16.5 Å². The van der Waals surface area contributed by atoms with Crippen LogP contribution in [0.5, 0.6) is 0 Å². The molecular weight excluding hydrogens is 126 g/mol. The second-order valence-corrected chi connectivity index (χ2v) is 2.47. The number of aromatic nitrogens is 2. The van der Waals surface area contributed by atoms with E-state index >= 15 is 0 Å². The van der Waals surface area contributed by atoms with Gasteiger partial charge in [0.2, 0.25) is 0 Å². The highest BCUT2D eigenvalue weighted by molar-refractivity contribution is 5.11. The summed E-state index contributed by atoms with van der Waals surface area (Å²) in [6.07, 6.45) is 6.50. The van der Waals surface area contributed by atoms with Gasteiger partial charge in [0.1, 0.15) is 6.33 Å². The molecule has 0 spiro atoms. The van der Waals surface area contributed by atoms with Gasteiger partial charge in [-0.15, -0.1) is 0 Å². The Bertz CT molecular complexity index is 205. The van der Waals surface area contributed by atoms with Crippen LogP contribution in [0.3, 0.4) is 0 Å². The Kier molecular flexibility index (Phi) is 1.36. The average molecular weight is 135 g/mol. The van der Waals surface area contributed by atoms with Gasteiger partial charge in [-0.05, 0) is 13.0 Å². The molecule has 52 valence electrons. The van der Waals surface area contributed by atoms with Crippen molar-refractivity contribution in [1.82, 2.24) is 15.3 Å². The van der Waals surface area contributed by atoms with Crippen molar-refractivity contribution in [3.05, 3.63) is 24.3 Å². The summed E-state index contributed by atoms with van der Waals surface area (Å²) >= 11 is 0. The van der Waals surface area contributed by atoms with Crippen molar-refractivity contribution in [3.63, 3.8) is 0 Å². The van der Waals surface area contributed by atoms with E-state index in [4.69, 9.17) is 0 Å². The normalized spacial score (nSPS) is 23.8. The fourth-order valence-corrected chi connectivity index (χ4v) is 1.06. The second kappa shape index (κ2) is 2.34. The summed E-state index contributed by atoms with van der Waals surface area (Å²) in [7, 11) is 0. The van der Waals surface area contributed by atoms with Crippen LogP contribution in [0.4, 0.5) is 0 Å². The Morgan fingerprint density at radius 2 is 2.10 bits per heavy atom. The van der Waals surface area contributed by atoms with Crippen LogP contribution < -0.4 is 5.32 Å². The molecule has 10 heavy (non-hydrogen) atoms. The Morgan fingerprint density at radius 3 is 2.60 bits per heavy atom. The van der Waals surface area contributed by atoms with Crippen molar-refractivity contribution in [3.8, 4) is 0 Å². The fourth-order valence-electron chi connectivity index (χ4n) is 1.06. The fraction of sp³-hybridized carbons (Fsp3) is 0.429. The molecule has 0 unspecified atom stereocenters. The van der Waals surface area contributed by atoms with Gasteiger partial charge < -0.3 is 5.32 Å². The highest BCUT2D eigenvalue weighted by Crippen LogP contribution is 2.20. The van der Waals surface area contributed by atoms with Crippen LogP contribution >= 0.6 is 0 Å². The maximum atomic E-state index is 3.94. The van der Waals surface area contributed by atoms with Crippen LogP contribution in [-0.2, 0) is 0 Å². The molecule has 2 heterocycles. The lowest BCUT2D eigenvalue weighted by atomic mass is 10.0. The van der Waals surface area contributed by atoms with Crippen molar-refractivity contribution in [2.24, 2.45) is 0 Å². The largest absolute Gasteiger partial charge is 0.310 e. The van der Waals surface area contributed by atoms with E-state index in [1.54, 1.807) is 6.33 Å². The minimum atomic E-state index is 0.515. The van der Waals surface area contributed by atoms with Crippen molar-refractivity contribution >= 4 is 0 Å². The molecule has 0 aliphatic carbocycles. The lowest BCUT2D eigenvalue weighted by molar-refractivity contribution is 0.381. The molecule has 1 aromatic heterocycles. The second-order valence-electron chi connectivity index (χ2n) is 2.47. The van der Waals surface area contributed by atoms with Crippen LogP contribution in [0.2, 0.25) is 0 Å². The Labute approximate surface area is 59.5 Å². The molecule has 3 heteroatoms. The van der Waals surface area contributed by atoms with E-state index < -0.39 is 0 Å². The molecule has 0 aromatic carbocycles. The van der Waals surface area contributed by atoms with Crippen LogP contribution in [0.1, 0.15) is 18.0 Å². The molecule has 0 saturated carbocycles. The van der Waals surface area contributed by atoms with E-state index in [-0.39, 0.29) is 0 Å². The highest BCUT2D eigenvalue weighted by atomic mass is 15.0. The SMILES string of the molecule is c1ncc([C@@H]2CCN2)cn1. The minimum Gasteiger partial charge on any atom is -0.310 e. The zero-order chi connectivity index (χ0) is 6.81. The topological polar surface area (TPSA) is 37.8 Å². The van der Waals surface area contributed by atoms with E-state index in [2.05, 4.69) is 15.3 Å². The molecule has 1 aliphatic heterocycles. The van der Waals surface area contributed by atoms with E-state index in [0.29, 0.717) is 6.04 Å². The summed E-state index contributed by atoms with van der Waals surface area (Å²) in [5.41, 5.74) is 1.20. The molecule has 1 aromatic rings. The summed E-state index contributed by atoms with van der Waals surface area (Å²) in [4.78, 5) is 7.87. The summed E-state index contributed by atoms with van der Waals surface area (Å²) in [5.74, 6) is 0. The predicted molar refractivity (Wildman–Crippen MR) is 37.4 cm³/mol. The zero-order valence-electron chi connectivity index (χ0n) is 5.62. The summed E-state index contributed by atoms with van der Waals surface area (Å²) < 4.78 is 0. The average Bonchev–Trinajstić information content (AvgIpc) is 1.86. The van der Waals surface area contributed by atoms with Gasteiger partial charge in [-0.3, -0.25) is 0 Å². The Morgan fingerprint density at radius 1 is 1.40 bits per heavy atom. The highest BCUT2D eigenvalue weighted by Gasteiger charge is 2.17. The summed E-state index contributed by atoms with van der Waals surface area (Å²) in [6.45, 7) is 1.12. The number of nitrogens with zero attached hydrogens (tertiary/aromatic N) is 2. The standard InChI is InChI=1S/C7H9N3/c1-2-10-7(1)6-3-8-5-9-4-6/h3-5,7,10H,1-2H2/t7-/m0/s1. The Balaban J connectivity index is 2.18. The molecular formula is C7H9N3. The molecule has 0 radical (unpaired) electrons. The molecule has 3 nitrogen and oxygen atoms in total. The third-order valence-electron chi connectivity index (χ3n) is 1.81. The van der Waals surface area contributed by atoms with E-state index in [1.165, 1.54) is 12.0 Å². The third kappa shape index (κ3) is 0.885. The Hall–Kier alpha value is -0.960. The third-order valence-corrected chi connectivity index (χ3v) is 1.81. The van der Waals surface area contributed by atoms with Gasteiger partial charge in [0, 0.05) is 24.0 Å². The molecule has 2 rings (SSSR count). The first-order chi connectivity index (χ1) is 4.97. The van der Waals surface area contributed by atoms with Crippen molar-refractivity contribution < 1.29 is 0 Å². The van der Waals surface area contributed by atoms with Crippen molar-refractivity contribution in [2.45, 2.75) is 12.5 Å². The molecule has 1 atom stereocenters. The maximum Gasteiger partial charge on any atom is 0.115 e. The molecule has 1 N–H and O–H groups in total. The lowest BCUT2D eigenvalue weighted by Gasteiger charge is -2.26. The van der Waals surface area contributed by atoms with Gasteiger partial charge in [-0.2, -0.15) is 0 Å². The summed E-state index contributed by atoms with van der Waals surface area (Å²) in [5, 5.41) is 3.28. The molecule has 0 bridgehead atoms. The first kappa shape index (κ1) is 5.80. The number of nitrogens with one attached hydrogen (secondary N) is 1. The van der Waals surface area contributed by atoms with E-state index in [0.717, 1.165) is 6.54 Å². The van der Waals surface area contributed by atoms with Gasteiger partial charge >= 0.3 is 0 Å². The van der Waals surface area contributed by atoms with Gasteiger partial charge in [0.05, 0.1) is 0 Å². The molecule has 0 amide bonds. The predicted octanol–water partition coefficient (Wildman–Crippen LogP) is 0.511. The lowest BCUT2D eigenvalue weighted by Crippen LogP contribution is -2.34. The minimum absolute atomic E-state index is 0.515. The first-order valence-corrected chi connectivity index (χ1v) is 3.45. The van der Waals surface area contributed by atoms with Gasteiger partial charge in [-0.25, -0.2) is 9.97 Å². The van der Waals surface area contributed by atoms with Crippen LogP contribution in [0.15, 0.2) is 18.7 Å². The van der Waals surface area contributed by atoms with Crippen molar-refractivity contribution in [2.75, 3.05) is 6.54 Å². The quantitative estimate of drug-likeness (QED) is 0.609. The maximum absolute atomic E-state index is 3.94. The van der Waals surface area contributed by atoms with E-state index in [9.17, 15) is 0 Å². The molecule has 1 aliphatic rings. The van der Waals surface area contributed by atoms with Crippen LogP contribution in [0, 0.1) is 0 Å². The number of rotatable bonds is 1. The van der Waals surface area contributed by atoms with Crippen LogP contribution in [0.25, 0.3) is 0 Å². The van der Waals surface area contributed by atoms with Gasteiger partial charge in [0.25, 0.3) is 0 Å². The molecule has 1 fully saturated rings. The number of hydrogen-bond donors (Lipinski definition) is 1. The summed E-state index contributed by atoms with van der Waals surface area (Å²) in [6, 6.07) is 0.515. The first-order valence-electron chi connectivity index (χ1n) is 3.45. The zero-order valence-corrected chi connectivity index (χ0v) is 5.62. The van der Waals surface area contributed by atoms with Gasteiger partial charge in [-0.1, -0.05) is 0 Å². The van der Waals surface area contributed by atoms with E-state index in [1.807, 2.05) is 12.4 Å². The molecule has 1 saturated heterocycles. The van der Waals surface area contributed by atoms with Crippen molar-refractivity contribution in [1.29, 1.82) is 0 Å².